The maximum absolute atomic E-state index is 8.26. The molecule has 2 N–H and O–H groups in total. The first-order valence-electron chi connectivity index (χ1n) is 12.9. The van der Waals surface area contributed by atoms with Crippen molar-refractivity contribution in [2.45, 2.75) is 0 Å². The van der Waals surface area contributed by atoms with Crippen LogP contribution in [0, 0.1) is 0 Å². The van der Waals surface area contributed by atoms with Gasteiger partial charge in [-0.1, -0.05) is 97.1 Å². The zero-order valence-electron chi connectivity index (χ0n) is 21.5. The van der Waals surface area contributed by atoms with Crippen LogP contribution in [0.5, 0.6) is 0 Å². The van der Waals surface area contributed by atoms with Crippen molar-refractivity contribution in [2.75, 3.05) is 39.6 Å². The number of hydrogen-bond acceptors (Lipinski definition) is 4. The van der Waals surface area contributed by atoms with Gasteiger partial charge in [0, 0.05) is 0 Å². The molecule has 0 aliphatic rings. The van der Waals surface area contributed by atoms with E-state index in [9.17, 15) is 0 Å². The number of benzene rings is 6. The molecule has 6 aromatic rings. The molecule has 194 valence electrons. The van der Waals surface area contributed by atoms with E-state index >= 15 is 0 Å². The van der Waals surface area contributed by atoms with E-state index in [4.69, 9.17) is 19.7 Å². The summed E-state index contributed by atoms with van der Waals surface area (Å²) in [7, 11) is 0. The Balaban J connectivity index is 0.000000136. The highest BCUT2D eigenvalue weighted by molar-refractivity contribution is 5.99. The quantitative estimate of drug-likeness (QED) is 0.181. The minimum absolute atomic E-state index is 0.0417. The zero-order chi connectivity index (χ0) is 26.4. The molecule has 0 aromatic heterocycles. The molecule has 0 amide bonds. The van der Waals surface area contributed by atoms with Crippen LogP contribution in [0.4, 0.5) is 0 Å². The second kappa shape index (κ2) is 14.8. The molecule has 0 fully saturated rings. The monoisotopic (exact) mass is 506 g/mol. The summed E-state index contributed by atoms with van der Waals surface area (Å²) < 4.78 is 9.75. The Morgan fingerprint density at radius 1 is 0.342 bits per heavy atom. The summed E-state index contributed by atoms with van der Waals surface area (Å²) in [6, 6.07) is 42.8. The normalized spacial score (nSPS) is 10.7. The van der Waals surface area contributed by atoms with Crippen LogP contribution in [-0.2, 0) is 9.47 Å². The van der Waals surface area contributed by atoms with Gasteiger partial charge in [-0.15, -0.1) is 0 Å². The van der Waals surface area contributed by atoms with Crippen LogP contribution < -0.4 is 0 Å². The van der Waals surface area contributed by atoms with Gasteiger partial charge in [-0.25, -0.2) is 0 Å². The first-order valence-corrected chi connectivity index (χ1v) is 12.9. The molecule has 4 nitrogen and oxygen atoms in total. The van der Waals surface area contributed by atoms with Crippen molar-refractivity contribution >= 4 is 43.1 Å². The lowest BCUT2D eigenvalue weighted by Gasteiger charge is -2.01. The number of hydrogen-bond donors (Lipinski definition) is 2. The maximum atomic E-state index is 8.26. The van der Waals surface area contributed by atoms with E-state index in [-0.39, 0.29) is 13.2 Å². The zero-order valence-corrected chi connectivity index (χ0v) is 21.5. The molecule has 38 heavy (non-hydrogen) atoms. The number of aliphatic hydroxyl groups excluding tert-OH is 2. The summed E-state index contributed by atoms with van der Waals surface area (Å²) in [6.45, 7) is 1.73. The molecular formula is C34H34O4. The first kappa shape index (κ1) is 27.2. The third kappa shape index (κ3) is 7.85. The molecule has 6 rings (SSSR count). The fraction of sp³-hybridized carbons (Fsp3) is 0.176. The van der Waals surface area contributed by atoms with Gasteiger partial charge in [0.2, 0.25) is 0 Å². The minimum Gasteiger partial charge on any atom is -0.394 e. The molecule has 4 heteroatoms. The van der Waals surface area contributed by atoms with E-state index in [0.717, 1.165) is 0 Å². The average Bonchev–Trinajstić information content (AvgIpc) is 2.97. The number of aliphatic hydroxyl groups is 2. The molecule has 0 heterocycles. The standard InChI is InChI=1S/2C14H10.C6H14O4/c2*1-2-6-12-10-14-8-4-3-7-13(14)9-11(12)5-1;7-1-3-9-5-6-10-4-2-8/h2*1-10H;7-8H,1-6H2. The molecule has 0 aliphatic carbocycles. The summed E-state index contributed by atoms with van der Waals surface area (Å²) in [5.74, 6) is 0. The number of rotatable bonds is 7. The largest absolute Gasteiger partial charge is 0.394 e. The van der Waals surface area contributed by atoms with Gasteiger partial charge in [-0.2, -0.15) is 0 Å². The van der Waals surface area contributed by atoms with Gasteiger partial charge in [0.1, 0.15) is 0 Å². The molecule has 0 aliphatic heterocycles. The molecular weight excluding hydrogens is 472 g/mol. The highest BCUT2D eigenvalue weighted by atomic mass is 16.5. The van der Waals surface area contributed by atoms with E-state index in [1.54, 1.807) is 0 Å². The van der Waals surface area contributed by atoms with Crippen LogP contribution in [0.1, 0.15) is 0 Å². The summed E-state index contributed by atoms with van der Waals surface area (Å²) in [6.07, 6.45) is 0. The van der Waals surface area contributed by atoms with Crippen LogP contribution in [0.25, 0.3) is 43.1 Å². The van der Waals surface area contributed by atoms with E-state index in [1.807, 2.05) is 0 Å². The molecule has 0 spiro atoms. The van der Waals surface area contributed by atoms with Crippen molar-refractivity contribution in [3.8, 4) is 0 Å². The van der Waals surface area contributed by atoms with Crippen LogP contribution in [0.3, 0.4) is 0 Å². The van der Waals surface area contributed by atoms with Gasteiger partial charge in [-0.05, 0) is 67.4 Å². The number of fused-ring (bicyclic) bond motifs is 4. The van der Waals surface area contributed by atoms with Gasteiger partial charge in [0.05, 0.1) is 39.6 Å². The highest BCUT2D eigenvalue weighted by Gasteiger charge is 1.96. The third-order valence-corrected chi connectivity index (χ3v) is 6.07. The van der Waals surface area contributed by atoms with Crippen LogP contribution in [0.2, 0.25) is 0 Å². The van der Waals surface area contributed by atoms with Crippen molar-refractivity contribution in [1.29, 1.82) is 0 Å². The van der Waals surface area contributed by atoms with Gasteiger partial charge >= 0.3 is 0 Å². The molecule has 6 aromatic carbocycles. The van der Waals surface area contributed by atoms with Crippen LogP contribution in [0.15, 0.2) is 121 Å². The lowest BCUT2D eigenvalue weighted by Crippen LogP contribution is -2.09. The predicted octanol–water partition coefficient (Wildman–Crippen LogP) is 6.99. The summed E-state index contributed by atoms with van der Waals surface area (Å²) >= 11 is 0. The Morgan fingerprint density at radius 3 is 0.737 bits per heavy atom. The first-order chi connectivity index (χ1) is 18.8. The van der Waals surface area contributed by atoms with Crippen molar-refractivity contribution in [2.24, 2.45) is 0 Å². The van der Waals surface area contributed by atoms with Crippen LogP contribution >= 0.6 is 0 Å². The average molecular weight is 507 g/mol. The fourth-order valence-electron chi connectivity index (χ4n) is 4.22. The van der Waals surface area contributed by atoms with E-state index in [2.05, 4.69) is 121 Å². The topological polar surface area (TPSA) is 58.9 Å². The molecule has 0 unspecified atom stereocenters. The lowest BCUT2D eigenvalue weighted by molar-refractivity contribution is 0.0222. The molecule has 0 atom stereocenters. The second-order valence-corrected chi connectivity index (χ2v) is 8.76. The minimum atomic E-state index is 0.0417. The lowest BCUT2D eigenvalue weighted by atomic mass is 10.0. The van der Waals surface area contributed by atoms with Crippen LogP contribution in [-0.4, -0.2) is 49.9 Å². The Morgan fingerprint density at radius 2 is 0.553 bits per heavy atom. The third-order valence-electron chi connectivity index (χ3n) is 6.07. The van der Waals surface area contributed by atoms with Crippen molar-refractivity contribution in [1.82, 2.24) is 0 Å². The van der Waals surface area contributed by atoms with E-state index in [1.165, 1.54) is 43.1 Å². The molecule has 0 bridgehead atoms. The molecule has 0 saturated carbocycles. The SMILES string of the molecule is OCCOCCOCCO.c1ccc2cc3ccccc3cc2c1.c1ccc2cc3ccccc3cc2c1. The highest BCUT2D eigenvalue weighted by Crippen LogP contribution is 2.23. The number of ether oxygens (including phenoxy) is 2. The Hall–Kier alpha value is -3.80. The van der Waals surface area contributed by atoms with Gasteiger partial charge in [0.25, 0.3) is 0 Å². The van der Waals surface area contributed by atoms with E-state index in [0.29, 0.717) is 26.4 Å². The summed E-state index contributed by atoms with van der Waals surface area (Å²) in [5.41, 5.74) is 0. The van der Waals surface area contributed by atoms with Gasteiger partial charge < -0.3 is 19.7 Å². The fourth-order valence-corrected chi connectivity index (χ4v) is 4.22. The smallest absolute Gasteiger partial charge is 0.0701 e. The maximum Gasteiger partial charge on any atom is 0.0701 e. The predicted molar refractivity (Wildman–Crippen MR) is 159 cm³/mol. The Kier molecular flexibility index (Phi) is 10.6. The van der Waals surface area contributed by atoms with Crippen molar-refractivity contribution < 1.29 is 19.7 Å². The van der Waals surface area contributed by atoms with E-state index < -0.39 is 0 Å². The summed E-state index contributed by atoms with van der Waals surface area (Å²) in [4.78, 5) is 0. The van der Waals surface area contributed by atoms with Crippen molar-refractivity contribution in [3.63, 3.8) is 0 Å². The second-order valence-electron chi connectivity index (χ2n) is 8.76. The summed E-state index contributed by atoms with van der Waals surface area (Å²) in [5, 5.41) is 27.0. The molecule has 0 saturated heterocycles. The Bertz CT molecular complexity index is 1230. The van der Waals surface area contributed by atoms with Gasteiger partial charge in [0.15, 0.2) is 0 Å². The Labute approximate surface area is 223 Å². The van der Waals surface area contributed by atoms with Gasteiger partial charge in [-0.3, -0.25) is 0 Å². The van der Waals surface area contributed by atoms with Crippen molar-refractivity contribution in [3.05, 3.63) is 121 Å². The molecule has 0 radical (unpaired) electrons.